The maximum atomic E-state index is 12.9. The van der Waals surface area contributed by atoms with Gasteiger partial charge in [-0.05, 0) is 30.2 Å². The number of hydrogen-bond acceptors (Lipinski definition) is 4. The molecule has 0 saturated heterocycles. The number of hydrogen-bond donors (Lipinski definition) is 1. The summed E-state index contributed by atoms with van der Waals surface area (Å²) in [4.78, 5) is 30.2. The third kappa shape index (κ3) is 5.07. The van der Waals surface area contributed by atoms with Crippen molar-refractivity contribution in [3.63, 3.8) is 0 Å². The van der Waals surface area contributed by atoms with Crippen molar-refractivity contribution in [3.05, 3.63) is 78.4 Å². The van der Waals surface area contributed by atoms with Gasteiger partial charge in [0.05, 0.1) is 24.2 Å². The van der Waals surface area contributed by atoms with E-state index in [9.17, 15) is 9.59 Å². The Morgan fingerprint density at radius 1 is 1.07 bits per heavy atom. The molecule has 7 heteroatoms. The van der Waals surface area contributed by atoms with E-state index in [4.69, 9.17) is 0 Å². The lowest BCUT2D eigenvalue weighted by Gasteiger charge is -2.28. The zero-order chi connectivity index (χ0) is 20.8. The highest BCUT2D eigenvalue weighted by Gasteiger charge is 2.23. The van der Waals surface area contributed by atoms with Gasteiger partial charge in [0.2, 0.25) is 11.8 Å². The zero-order valence-corrected chi connectivity index (χ0v) is 16.8. The van der Waals surface area contributed by atoms with Crippen LogP contribution in [0.25, 0.3) is 5.69 Å². The van der Waals surface area contributed by atoms with Crippen LogP contribution in [0, 0.1) is 0 Å². The van der Waals surface area contributed by atoms with Crippen LogP contribution >= 0.6 is 0 Å². The van der Waals surface area contributed by atoms with E-state index in [1.54, 1.807) is 23.0 Å². The van der Waals surface area contributed by atoms with Crippen LogP contribution in [0.2, 0.25) is 0 Å². The highest BCUT2D eigenvalue weighted by Crippen LogP contribution is 2.24. The molecule has 0 bridgehead atoms. The van der Waals surface area contributed by atoms with Crippen LogP contribution in [0.3, 0.4) is 0 Å². The van der Waals surface area contributed by atoms with E-state index in [1.165, 1.54) is 13.3 Å². The molecule has 2 atom stereocenters. The fourth-order valence-corrected chi connectivity index (χ4v) is 3.19. The number of carbonyl (C=O) groups excluding carboxylic acids is 2. The molecule has 2 amide bonds. The molecule has 1 heterocycles. The first-order valence-electron chi connectivity index (χ1n) is 9.48. The van der Waals surface area contributed by atoms with Crippen molar-refractivity contribution in [3.8, 4) is 5.69 Å². The molecule has 1 N–H and O–H groups in total. The van der Waals surface area contributed by atoms with E-state index < -0.39 is 0 Å². The molecule has 0 aliphatic rings. The maximum Gasteiger partial charge on any atom is 0.225 e. The second-order valence-corrected chi connectivity index (χ2v) is 6.98. The van der Waals surface area contributed by atoms with Crippen molar-refractivity contribution in [1.82, 2.24) is 25.0 Å². The summed E-state index contributed by atoms with van der Waals surface area (Å²) in [6, 6.07) is 16.9. The molecule has 0 fully saturated rings. The summed E-state index contributed by atoms with van der Waals surface area (Å²) in [5, 5.41) is 7.00. The largest absolute Gasteiger partial charge is 0.349 e. The van der Waals surface area contributed by atoms with Gasteiger partial charge in [-0.1, -0.05) is 42.5 Å². The molecule has 29 heavy (non-hydrogen) atoms. The minimum Gasteiger partial charge on any atom is -0.349 e. The van der Waals surface area contributed by atoms with Crippen molar-refractivity contribution < 1.29 is 9.59 Å². The summed E-state index contributed by atoms with van der Waals surface area (Å²) in [5.41, 5.74) is 2.83. The molecule has 0 aliphatic heterocycles. The van der Waals surface area contributed by atoms with Crippen molar-refractivity contribution in [2.24, 2.45) is 0 Å². The summed E-state index contributed by atoms with van der Waals surface area (Å²) in [6.45, 7) is 3.45. The number of nitrogens with zero attached hydrogens (tertiary/aromatic N) is 4. The van der Waals surface area contributed by atoms with Gasteiger partial charge in [-0.25, -0.2) is 9.67 Å². The first kappa shape index (κ1) is 20.3. The Morgan fingerprint density at radius 2 is 1.76 bits per heavy atom. The highest BCUT2D eigenvalue weighted by atomic mass is 16.2. The Balaban J connectivity index is 1.70. The van der Waals surface area contributed by atoms with Gasteiger partial charge in [0, 0.05) is 14.0 Å². The van der Waals surface area contributed by atoms with E-state index in [-0.39, 0.29) is 30.3 Å². The fraction of sp³-hybridized carbons (Fsp3) is 0.273. The second kappa shape index (κ2) is 9.14. The molecule has 3 rings (SSSR count). The van der Waals surface area contributed by atoms with Crippen molar-refractivity contribution >= 4 is 11.8 Å². The van der Waals surface area contributed by atoms with E-state index in [0.29, 0.717) is 0 Å². The Kier molecular flexibility index (Phi) is 6.39. The number of nitrogens with one attached hydrogen (secondary N) is 1. The van der Waals surface area contributed by atoms with E-state index in [1.807, 2.05) is 61.5 Å². The van der Waals surface area contributed by atoms with Crippen LogP contribution in [-0.2, 0) is 9.59 Å². The van der Waals surface area contributed by atoms with Gasteiger partial charge in [-0.2, -0.15) is 5.10 Å². The third-order valence-electron chi connectivity index (χ3n) is 4.99. The molecule has 0 unspecified atom stereocenters. The quantitative estimate of drug-likeness (QED) is 0.671. The monoisotopic (exact) mass is 391 g/mol. The molecule has 0 aliphatic carbocycles. The Morgan fingerprint density at radius 3 is 2.34 bits per heavy atom. The Labute approximate surface area is 170 Å². The van der Waals surface area contributed by atoms with Crippen molar-refractivity contribution in [1.29, 1.82) is 0 Å². The summed E-state index contributed by atoms with van der Waals surface area (Å²) >= 11 is 0. The maximum absolute atomic E-state index is 12.9. The Bertz CT molecular complexity index is 939. The van der Waals surface area contributed by atoms with Crippen LogP contribution in [-0.4, -0.2) is 38.5 Å². The fourth-order valence-electron chi connectivity index (χ4n) is 3.19. The van der Waals surface area contributed by atoms with Gasteiger partial charge in [-0.3, -0.25) is 9.59 Å². The number of carbonyl (C=O) groups is 2. The van der Waals surface area contributed by atoms with Gasteiger partial charge < -0.3 is 10.2 Å². The molecule has 0 radical (unpaired) electrons. The van der Waals surface area contributed by atoms with Crippen LogP contribution in [0.15, 0.2) is 67.3 Å². The summed E-state index contributed by atoms with van der Waals surface area (Å²) in [5.74, 6) is -0.202. The summed E-state index contributed by atoms with van der Waals surface area (Å²) in [6.07, 6.45) is 3.32. The summed E-state index contributed by atoms with van der Waals surface area (Å²) < 4.78 is 1.68. The standard InChI is InChI=1S/C22H25N5O2/c1-16(18-9-11-20(12-10-18)27-15-23-14-24-27)26(3)22(29)13-21(25-17(2)28)19-7-5-4-6-8-19/h4-12,14-16,21H,13H2,1-3H3,(H,25,28)/t16-,21+/m0/s1. The normalized spacial score (nSPS) is 12.8. The molecule has 1 aromatic heterocycles. The van der Waals surface area contributed by atoms with Crippen LogP contribution in [0.5, 0.6) is 0 Å². The molecule has 0 spiro atoms. The van der Waals surface area contributed by atoms with Gasteiger partial charge in [-0.15, -0.1) is 0 Å². The van der Waals surface area contributed by atoms with Crippen LogP contribution in [0.4, 0.5) is 0 Å². The number of aromatic nitrogens is 3. The predicted molar refractivity (Wildman–Crippen MR) is 110 cm³/mol. The smallest absolute Gasteiger partial charge is 0.225 e. The number of benzene rings is 2. The lowest BCUT2D eigenvalue weighted by atomic mass is 10.0. The topological polar surface area (TPSA) is 80.1 Å². The average molecular weight is 391 g/mol. The van der Waals surface area contributed by atoms with Crippen molar-refractivity contribution in [2.45, 2.75) is 32.4 Å². The van der Waals surface area contributed by atoms with E-state index in [0.717, 1.165) is 16.8 Å². The zero-order valence-electron chi connectivity index (χ0n) is 16.8. The molecular weight excluding hydrogens is 366 g/mol. The van der Waals surface area contributed by atoms with Gasteiger partial charge >= 0.3 is 0 Å². The second-order valence-electron chi connectivity index (χ2n) is 6.98. The van der Waals surface area contributed by atoms with E-state index >= 15 is 0 Å². The van der Waals surface area contributed by atoms with E-state index in [2.05, 4.69) is 15.4 Å². The third-order valence-corrected chi connectivity index (χ3v) is 4.99. The summed E-state index contributed by atoms with van der Waals surface area (Å²) in [7, 11) is 1.79. The SMILES string of the molecule is CC(=O)N[C@H](CC(=O)N(C)[C@@H](C)c1ccc(-n2cncn2)cc1)c1ccccc1. The molecule has 150 valence electrons. The van der Waals surface area contributed by atoms with Crippen LogP contribution in [0.1, 0.15) is 43.5 Å². The minimum atomic E-state index is -0.356. The van der Waals surface area contributed by atoms with Crippen molar-refractivity contribution in [2.75, 3.05) is 7.05 Å². The first-order valence-corrected chi connectivity index (χ1v) is 9.48. The number of rotatable bonds is 7. The molecular formula is C22H25N5O2. The molecule has 3 aromatic rings. The lowest BCUT2D eigenvalue weighted by molar-refractivity contribution is -0.132. The Hall–Kier alpha value is -3.48. The molecule has 7 nitrogen and oxygen atoms in total. The predicted octanol–water partition coefficient (Wildman–Crippen LogP) is 3.05. The van der Waals surface area contributed by atoms with Gasteiger partial charge in [0.25, 0.3) is 0 Å². The first-order chi connectivity index (χ1) is 14.0. The highest BCUT2D eigenvalue weighted by molar-refractivity contribution is 5.79. The van der Waals surface area contributed by atoms with Gasteiger partial charge in [0.15, 0.2) is 0 Å². The lowest BCUT2D eigenvalue weighted by Crippen LogP contribution is -2.35. The molecule has 0 saturated carbocycles. The molecule has 2 aromatic carbocycles. The van der Waals surface area contributed by atoms with Crippen LogP contribution < -0.4 is 5.32 Å². The minimum absolute atomic E-state index is 0.0412. The average Bonchev–Trinajstić information content (AvgIpc) is 3.27. The van der Waals surface area contributed by atoms with Gasteiger partial charge in [0.1, 0.15) is 12.7 Å². The number of amides is 2.